The molecule has 0 aromatic heterocycles. The molecule has 1 heterocycles. The highest BCUT2D eigenvalue weighted by Crippen LogP contribution is 2.33. The van der Waals surface area contributed by atoms with Gasteiger partial charge in [-0.15, -0.1) is 0 Å². The molecular weight excluding hydrogens is 228 g/mol. The summed E-state index contributed by atoms with van der Waals surface area (Å²) in [5.41, 5.74) is 0.201. The maximum atomic E-state index is 11.5. The van der Waals surface area contributed by atoms with Crippen molar-refractivity contribution >= 4 is 5.91 Å². The van der Waals surface area contributed by atoms with E-state index in [0.29, 0.717) is 6.42 Å². The molecule has 2 aliphatic rings. The summed E-state index contributed by atoms with van der Waals surface area (Å²) >= 11 is 0. The number of nitrogens with zero attached hydrogens (tertiary/aromatic N) is 1. The van der Waals surface area contributed by atoms with Crippen molar-refractivity contribution in [3.05, 3.63) is 0 Å². The first-order chi connectivity index (χ1) is 8.77. The molecule has 4 heteroatoms. The first-order valence-electron chi connectivity index (χ1n) is 7.36. The van der Waals surface area contributed by atoms with Gasteiger partial charge >= 0.3 is 0 Å². The van der Waals surface area contributed by atoms with E-state index in [2.05, 4.69) is 10.2 Å². The summed E-state index contributed by atoms with van der Waals surface area (Å²) in [7, 11) is 0. The number of morpholine rings is 1. The van der Waals surface area contributed by atoms with Gasteiger partial charge in [-0.1, -0.05) is 26.2 Å². The smallest absolute Gasteiger partial charge is 0.219 e. The lowest BCUT2D eigenvalue weighted by Crippen LogP contribution is -2.59. The second-order valence-corrected chi connectivity index (χ2v) is 5.51. The van der Waals surface area contributed by atoms with Crippen LogP contribution < -0.4 is 5.32 Å². The minimum absolute atomic E-state index is 0.174. The van der Waals surface area contributed by atoms with Crippen molar-refractivity contribution in [1.82, 2.24) is 10.2 Å². The highest BCUT2D eigenvalue weighted by Gasteiger charge is 2.38. The van der Waals surface area contributed by atoms with Crippen LogP contribution in [-0.4, -0.2) is 49.2 Å². The fourth-order valence-corrected chi connectivity index (χ4v) is 3.24. The van der Waals surface area contributed by atoms with Crippen LogP contribution in [-0.2, 0) is 9.53 Å². The molecule has 0 unspecified atom stereocenters. The van der Waals surface area contributed by atoms with Crippen molar-refractivity contribution in [1.29, 1.82) is 0 Å². The van der Waals surface area contributed by atoms with Gasteiger partial charge in [-0.25, -0.2) is 0 Å². The summed E-state index contributed by atoms with van der Waals surface area (Å²) in [4.78, 5) is 14.1. The normalized spacial score (nSPS) is 24.7. The first-order valence-corrected chi connectivity index (χ1v) is 7.36. The lowest BCUT2D eigenvalue weighted by atomic mass is 9.79. The molecular formula is C14H26N2O2. The molecule has 2 fully saturated rings. The summed E-state index contributed by atoms with van der Waals surface area (Å²) in [6, 6.07) is 0. The van der Waals surface area contributed by atoms with E-state index in [1.807, 2.05) is 6.92 Å². The fraction of sp³-hybridized carbons (Fsp3) is 0.929. The van der Waals surface area contributed by atoms with Crippen molar-refractivity contribution in [2.75, 3.05) is 32.8 Å². The van der Waals surface area contributed by atoms with E-state index in [9.17, 15) is 4.79 Å². The number of nitrogens with one attached hydrogen (secondary N) is 1. The van der Waals surface area contributed by atoms with E-state index in [-0.39, 0.29) is 11.4 Å². The maximum Gasteiger partial charge on any atom is 0.219 e. The summed E-state index contributed by atoms with van der Waals surface area (Å²) in [5, 5.41) is 3.12. The van der Waals surface area contributed by atoms with Crippen LogP contribution in [0.2, 0.25) is 0 Å². The Bertz CT molecular complexity index is 269. The SMILES string of the molecule is CCC(=O)NCC1(N2CCOCC2)CCCCC1. The average molecular weight is 254 g/mol. The fourth-order valence-electron chi connectivity index (χ4n) is 3.24. The molecule has 0 aromatic carbocycles. The van der Waals surface area contributed by atoms with Gasteiger partial charge in [0.05, 0.1) is 13.2 Å². The van der Waals surface area contributed by atoms with Crippen LogP contribution in [0, 0.1) is 0 Å². The molecule has 1 aliphatic carbocycles. The van der Waals surface area contributed by atoms with Crippen molar-refractivity contribution in [3.63, 3.8) is 0 Å². The molecule has 1 saturated carbocycles. The Hall–Kier alpha value is -0.610. The number of amides is 1. The van der Waals surface area contributed by atoms with Gasteiger partial charge in [0.2, 0.25) is 5.91 Å². The zero-order chi connectivity index (χ0) is 12.8. The van der Waals surface area contributed by atoms with Crippen LogP contribution in [0.15, 0.2) is 0 Å². The number of hydrogen-bond acceptors (Lipinski definition) is 3. The number of carbonyl (C=O) groups is 1. The van der Waals surface area contributed by atoms with Crippen LogP contribution in [0.3, 0.4) is 0 Å². The zero-order valence-electron chi connectivity index (χ0n) is 11.5. The van der Waals surface area contributed by atoms with Gasteiger partial charge in [0.25, 0.3) is 0 Å². The van der Waals surface area contributed by atoms with Crippen molar-refractivity contribution in [3.8, 4) is 0 Å². The van der Waals surface area contributed by atoms with Gasteiger partial charge in [-0.2, -0.15) is 0 Å². The number of hydrogen-bond donors (Lipinski definition) is 1. The van der Waals surface area contributed by atoms with Crippen molar-refractivity contribution < 1.29 is 9.53 Å². The molecule has 0 aromatic rings. The molecule has 0 radical (unpaired) electrons. The maximum absolute atomic E-state index is 11.5. The highest BCUT2D eigenvalue weighted by atomic mass is 16.5. The van der Waals surface area contributed by atoms with Crippen LogP contribution in [0.5, 0.6) is 0 Å². The summed E-state index contributed by atoms with van der Waals surface area (Å²) in [5.74, 6) is 0.174. The molecule has 2 rings (SSSR count). The van der Waals surface area contributed by atoms with Gasteiger partial charge in [-0.05, 0) is 12.8 Å². The van der Waals surface area contributed by atoms with Gasteiger partial charge in [0.15, 0.2) is 0 Å². The van der Waals surface area contributed by atoms with Crippen molar-refractivity contribution in [2.45, 2.75) is 51.0 Å². The second-order valence-electron chi connectivity index (χ2n) is 5.51. The monoisotopic (exact) mass is 254 g/mol. The third-order valence-electron chi connectivity index (χ3n) is 4.40. The van der Waals surface area contributed by atoms with E-state index in [1.165, 1.54) is 32.1 Å². The van der Waals surface area contributed by atoms with E-state index < -0.39 is 0 Å². The molecule has 0 spiro atoms. The second kappa shape index (κ2) is 6.53. The molecule has 104 valence electrons. The number of rotatable bonds is 4. The summed E-state index contributed by atoms with van der Waals surface area (Å²) in [6.45, 7) is 6.44. The largest absolute Gasteiger partial charge is 0.379 e. The first kappa shape index (κ1) is 13.8. The molecule has 4 nitrogen and oxygen atoms in total. The standard InChI is InChI=1S/C14H26N2O2/c1-2-13(17)15-12-14(6-4-3-5-7-14)16-8-10-18-11-9-16/h2-12H2,1H3,(H,15,17). The third kappa shape index (κ3) is 3.23. The van der Waals surface area contributed by atoms with Gasteiger partial charge < -0.3 is 10.1 Å². The molecule has 18 heavy (non-hydrogen) atoms. The molecule has 1 amide bonds. The molecule has 1 aliphatic heterocycles. The topological polar surface area (TPSA) is 41.6 Å². The van der Waals surface area contributed by atoms with E-state index in [4.69, 9.17) is 4.74 Å². The third-order valence-corrected chi connectivity index (χ3v) is 4.40. The van der Waals surface area contributed by atoms with E-state index in [0.717, 1.165) is 32.8 Å². The number of carbonyl (C=O) groups excluding carboxylic acids is 1. The molecule has 0 atom stereocenters. The van der Waals surface area contributed by atoms with Crippen LogP contribution in [0.1, 0.15) is 45.4 Å². The molecule has 0 bridgehead atoms. The van der Waals surface area contributed by atoms with Crippen LogP contribution in [0.25, 0.3) is 0 Å². The van der Waals surface area contributed by atoms with Crippen molar-refractivity contribution in [2.24, 2.45) is 0 Å². The molecule has 1 N–H and O–H groups in total. The van der Waals surface area contributed by atoms with Gasteiger partial charge in [0, 0.05) is 31.6 Å². The minimum atomic E-state index is 0.174. The summed E-state index contributed by atoms with van der Waals surface area (Å²) < 4.78 is 5.45. The Morgan fingerprint density at radius 1 is 1.22 bits per heavy atom. The lowest BCUT2D eigenvalue weighted by Gasteiger charge is -2.48. The lowest BCUT2D eigenvalue weighted by molar-refractivity contribution is -0.122. The highest BCUT2D eigenvalue weighted by molar-refractivity contribution is 5.75. The molecule has 1 saturated heterocycles. The Morgan fingerprint density at radius 2 is 1.89 bits per heavy atom. The zero-order valence-corrected chi connectivity index (χ0v) is 11.5. The predicted octanol–water partition coefficient (Wildman–Crippen LogP) is 1.55. The van der Waals surface area contributed by atoms with Gasteiger partial charge in [0.1, 0.15) is 0 Å². The van der Waals surface area contributed by atoms with E-state index in [1.54, 1.807) is 0 Å². The van der Waals surface area contributed by atoms with E-state index >= 15 is 0 Å². The Labute approximate surface area is 110 Å². The van der Waals surface area contributed by atoms with Crippen LogP contribution >= 0.6 is 0 Å². The van der Waals surface area contributed by atoms with Gasteiger partial charge in [-0.3, -0.25) is 9.69 Å². The Balaban J connectivity index is 1.99. The quantitative estimate of drug-likeness (QED) is 0.827. The average Bonchev–Trinajstić information content (AvgIpc) is 2.46. The predicted molar refractivity (Wildman–Crippen MR) is 71.5 cm³/mol. The Kier molecular flexibility index (Phi) is 5.01. The number of ether oxygens (including phenoxy) is 1. The van der Waals surface area contributed by atoms with Crippen LogP contribution in [0.4, 0.5) is 0 Å². The Morgan fingerprint density at radius 3 is 2.50 bits per heavy atom. The summed E-state index contributed by atoms with van der Waals surface area (Å²) in [6.07, 6.45) is 6.94. The minimum Gasteiger partial charge on any atom is -0.379 e.